The molecule has 0 aliphatic carbocycles. The Morgan fingerprint density at radius 2 is 0.519 bits per heavy atom. The summed E-state index contributed by atoms with van der Waals surface area (Å²) in [6, 6.07) is 40.5. The molecule has 0 aromatic heterocycles. The van der Waals surface area contributed by atoms with E-state index in [-0.39, 0.29) is 42.6 Å². The highest BCUT2D eigenvalue weighted by molar-refractivity contribution is 7.97. The number of benzene rings is 5. The lowest BCUT2D eigenvalue weighted by atomic mass is 9.63. The van der Waals surface area contributed by atoms with Crippen LogP contribution in [0, 0.1) is 0 Å². The first-order valence-corrected chi connectivity index (χ1v) is 30.2. The third kappa shape index (κ3) is 37.8. The minimum atomic E-state index is -0.198. The van der Waals surface area contributed by atoms with Crippen LogP contribution in [0.4, 0.5) is 0 Å². The molecule has 5 aromatic rings. The van der Waals surface area contributed by atoms with Gasteiger partial charge in [0.2, 0.25) is 0 Å². The monoisotopic (exact) mass is 1090 g/mol. The molecule has 9 nitrogen and oxygen atoms in total. The Morgan fingerprint density at radius 3 is 0.623 bits per heavy atom. The van der Waals surface area contributed by atoms with E-state index in [2.05, 4.69) is 39.8 Å². The standard InChI is InChI=1S/5C8H9BO.C3H9N.C3H8O.2C2H6O.C2H6S.5C2H6.H2/c5*10-9-6-5-7-3-1-2-4-8(7)9;1-4(2)3;1-3-4-2;1-3-2;1-2-3;1-3-2;5*1-2;/h5*1-4,10H,5-6H2;1-3H3;3H2,1-2H3;1-2H3;3H,2H2,1H3;1-2H3;5*1-2H3;1H. The summed E-state index contributed by atoms with van der Waals surface area (Å²) in [6.07, 6.45) is 13.8. The number of methoxy groups -OCH3 is 2. The van der Waals surface area contributed by atoms with Gasteiger partial charge in [-0.15, -0.1) is 0 Å². The first kappa shape index (κ1) is 82.3. The number of hydrogen-bond acceptors (Lipinski definition) is 10. The van der Waals surface area contributed by atoms with Crippen LogP contribution in [-0.2, 0) is 41.6 Å². The molecule has 434 valence electrons. The summed E-state index contributed by atoms with van der Waals surface area (Å²) in [5, 5.41) is 54.5. The molecular weight excluding hydrogens is 973 g/mol. The van der Waals surface area contributed by atoms with Gasteiger partial charge in [-0.3, -0.25) is 0 Å². The van der Waals surface area contributed by atoms with Crippen molar-refractivity contribution in [1.82, 2.24) is 4.90 Å². The Bertz CT molecular complexity index is 1710. The number of thioether (sulfide) groups is 1. The smallest absolute Gasteiger partial charge is 0.324 e. The molecule has 6 N–H and O–H groups in total. The van der Waals surface area contributed by atoms with Crippen LogP contribution in [0.3, 0.4) is 0 Å². The molecule has 0 bridgehead atoms. The SMILES string of the molecule is CC.CC.CC.CC.CC.CCO.CCOC.CN(C)C.COC.CSC.OB1CCc2ccccc21.OB1CCc2ccccc21.OB1CCc2ccccc21.OB1CCc2ccccc21.OB1CCc2ccccc21.[HH]. The Hall–Kier alpha value is -3.59. The number of hydrogen-bond donors (Lipinski definition) is 6. The number of nitrogens with zero attached hydrogens (tertiary/aromatic N) is 1. The fraction of sp³-hybridized carbons (Fsp3) is 0.516. The van der Waals surface area contributed by atoms with E-state index in [0.29, 0.717) is 0 Å². The molecular formula is C62H112B5NO8S. The average molecular weight is 1090 g/mol. The Labute approximate surface area is 481 Å². The van der Waals surface area contributed by atoms with Crippen LogP contribution < -0.4 is 27.3 Å². The molecule has 0 atom stereocenters. The van der Waals surface area contributed by atoms with E-state index in [0.717, 1.165) is 97.6 Å². The largest absolute Gasteiger partial charge is 0.446 e. The second-order valence-electron chi connectivity index (χ2n) is 16.8. The first-order valence-electron chi connectivity index (χ1n) is 28.6. The molecule has 5 heterocycles. The molecule has 77 heavy (non-hydrogen) atoms. The molecule has 5 aliphatic rings. The number of rotatable bonds is 1. The van der Waals surface area contributed by atoms with Crippen molar-refractivity contribution < 1.29 is 41.1 Å². The molecule has 0 unspecified atom stereocenters. The molecule has 15 heteroatoms. The quantitative estimate of drug-likeness (QED) is 0.0900. The molecule has 5 aromatic carbocycles. The van der Waals surface area contributed by atoms with Gasteiger partial charge in [0.05, 0.1) is 0 Å². The van der Waals surface area contributed by atoms with Crippen LogP contribution in [0.15, 0.2) is 121 Å². The highest BCUT2D eigenvalue weighted by Crippen LogP contribution is 2.15. The third-order valence-electron chi connectivity index (χ3n) is 10.8. The van der Waals surface area contributed by atoms with Crippen LogP contribution in [-0.4, -0.2) is 138 Å². The van der Waals surface area contributed by atoms with Gasteiger partial charge >= 0.3 is 34.6 Å². The maximum absolute atomic E-state index is 9.38. The lowest BCUT2D eigenvalue weighted by Crippen LogP contribution is -2.25. The minimum Gasteiger partial charge on any atom is -0.446 e. The van der Waals surface area contributed by atoms with Crippen molar-refractivity contribution in [2.75, 3.05) is 68.2 Å². The normalized spacial score (nSPS) is 12.0. The van der Waals surface area contributed by atoms with Gasteiger partial charge in [0.1, 0.15) is 0 Å². The number of aryl methyl sites for hydroxylation is 5. The van der Waals surface area contributed by atoms with Gasteiger partial charge in [-0.1, -0.05) is 218 Å². The zero-order chi connectivity index (χ0) is 60.0. The number of aliphatic hydroxyl groups is 1. The van der Waals surface area contributed by atoms with Gasteiger partial charge in [-0.2, -0.15) is 11.8 Å². The highest BCUT2D eigenvalue weighted by atomic mass is 32.2. The summed E-state index contributed by atoms with van der Waals surface area (Å²) in [7, 11) is 10.9. The van der Waals surface area contributed by atoms with Crippen molar-refractivity contribution >= 4 is 73.7 Å². The van der Waals surface area contributed by atoms with Crippen LogP contribution in [0.25, 0.3) is 0 Å². The van der Waals surface area contributed by atoms with E-state index in [9.17, 15) is 25.1 Å². The van der Waals surface area contributed by atoms with Crippen LogP contribution in [0.2, 0.25) is 31.6 Å². The van der Waals surface area contributed by atoms with Crippen molar-refractivity contribution in [1.29, 1.82) is 0 Å². The van der Waals surface area contributed by atoms with Crippen molar-refractivity contribution in [3.05, 3.63) is 149 Å². The third-order valence-corrected chi connectivity index (χ3v) is 10.8. The average Bonchev–Trinajstić information content (AvgIpc) is 4.33. The fourth-order valence-corrected chi connectivity index (χ4v) is 7.67. The van der Waals surface area contributed by atoms with Crippen molar-refractivity contribution in [2.45, 2.75) is 147 Å². The molecule has 0 radical (unpaired) electrons. The van der Waals surface area contributed by atoms with E-state index < -0.39 is 0 Å². The van der Waals surface area contributed by atoms with Crippen molar-refractivity contribution in [2.24, 2.45) is 0 Å². The summed E-state index contributed by atoms with van der Waals surface area (Å²) < 4.78 is 8.79. The van der Waals surface area contributed by atoms with Gasteiger partial charge in [0.15, 0.2) is 0 Å². The highest BCUT2D eigenvalue weighted by Gasteiger charge is 2.26. The molecule has 5 aliphatic heterocycles. The summed E-state index contributed by atoms with van der Waals surface area (Å²) >= 11 is 1.75. The predicted molar refractivity (Wildman–Crippen MR) is 354 cm³/mol. The second kappa shape index (κ2) is 58.6. The zero-order valence-electron chi connectivity index (χ0n) is 52.3. The summed E-state index contributed by atoms with van der Waals surface area (Å²) in [5.41, 5.74) is 12.2. The predicted octanol–water partition coefficient (Wildman–Crippen LogP) is 9.62. The van der Waals surface area contributed by atoms with Gasteiger partial charge in [-0.05, 0) is 139 Å². The van der Waals surface area contributed by atoms with Crippen molar-refractivity contribution in [3.63, 3.8) is 0 Å². The Kier molecular flexibility index (Phi) is 62.6. The fourth-order valence-electron chi connectivity index (χ4n) is 7.67. The molecule has 0 saturated heterocycles. The van der Waals surface area contributed by atoms with E-state index in [4.69, 9.17) is 5.11 Å². The molecule has 0 saturated carbocycles. The van der Waals surface area contributed by atoms with Crippen LogP contribution >= 0.6 is 11.8 Å². The summed E-state index contributed by atoms with van der Waals surface area (Å²) in [6.45, 7) is 23.7. The van der Waals surface area contributed by atoms with Gasteiger partial charge in [0, 0.05) is 36.0 Å². The van der Waals surface area contributed by atoms with Crippen LogP contribution in [0.1, 0.15) is 112 Å². The van der Waals surface area contributed by atoms with Gasteiger partial charge < -0.3 is 44.6 Å². The lowest BCUT2D eigenvalue weighted by Gasteiger charge is -1.96. The number of ether oxygens (including phenoxy) is 2. The maximum Gasteiger partial charge on any atom is 0.324 e. The van der Waals surface area contributed by atoms with Gasteiger partial charge in [-0.25, -0.2) is 0 Å². The number of fused-ring (bicyclic) bond motifs is 5. The molecule has 0 amide bonds. The minimum absolute atomic E-state index is 0. The zero-order valence-corrected chi connectivity index (χ0v) is 53.1. The van der Waals surface area contributed by atoms with E-state index in [1.807, 2.05) is 206 Å². The maximum atomic E-state index is 9.38. The molecule has 10 rings (SSSR count). The van der Waals surface area contributed by atoms with E-state index in [1.165, 1.54) is 27.8 Å². The summed E-state index contributed by atoms with van der Waals surface area (Å²) in [5.74, 6) is 0. The topological polar surface area (TPSA) is 143 Å². The molecule has 0 fully saturated rings. The van der Waals surface area contributed by atoms with Gasteiger partial charge in [0.25, 0.3) is 0 Å². The number of aliphatic hydroxyl groups excluding tert-OH is 1. The van der Waals surface area contributed by atoms with E-state index >= 15 is 0 Å². The van der Waals surface area contributed by atoms with E-state index in [1.54, 1.807) is 40.0 Å². The summed E-state index contributed by atoms with van der Waals surface area (Å²) in [4.78, 5) is 2.00. The second-order valence-corrected chi connectivity index (χ2v) is 17.6. The van der Waals surface area contributed by atoms with Crippen molar-refractivity contribution in [3.8, 4) is 0 Å². The molecule has 0 spiro atoms. The first-order chi connectivity index (χ1) is 37.3. The lowest BCUT2D eigenvalue weighted by molar-refractivity contribution is 0.215. The van der Waals surface area contributed by atoms with Crippen LogP contribution in [0.5, 0.6) is 0 Å². The Morgan fingerprint density at radius 1 is 0.403 bits per heavy atom. The Balaban J connectivity index is -0.000000186.